The van der Waals surface area contributed by atoms with Gasteiger partial charge in [-0.15, -0.1) is 0 Å². The molecule has 5 atom stereocenters. The predicted molar refractivity (Wildman–Crippen MR) is 105 cm³/mol. The fourth-order valence-corrected chi connectivity index (χ4v) is 4.30. The average Bonchev–Trinajstić information content (AvgIpc) is 3.36. The molecular formula is C22H26F3N3O. The molecule has 0 amide bonds. The highest BCUT2D eigenvalue weighted by Crippen LogP contribution is 2.43. The summed E-state index contributed by atoms with van der Waals surface area (Å²) in [6.45, 7) is 8.48. The number of nitrogens with zero attached hydrogens (tertiary/aromatic N) is 3. The van der Waals surface area contributed by atoms with E-state index in [1.165, 1.54) is 19.1 Å². The van der Waals surface area contributed by atoms with Gasteiger partial charge in [-0.1, -0.05) is 20.4 Å². The number of likely N-dealkylation sites (tertiary alicyclic amines) is 1. The number of halogens is 3. The van der Waals surface area contributed by atoms with E-state index in [0.717, 1.165) is 30.9 Å². The topological polar surface area (TPSA) is 33.6 Å². The molecule has 4 rings (SSSR count). The van der Waals surface area contributed by atoms with Gasteiger partial charge in [-0.25, -0.2) is 17.9 Å². The number of allylic oxidation sites excluding steroid dienone is 1. The van der Waals surface area contributed by atoms with Crippen LogP contribution >= 0.6 is 0 Å². The summed E-state index contributed by atoms with van der Waals surface area (Å²) < 4.78 is 48.2. The molecule has 0 saturated carbocycles. The van der Waals surface area contributed by atoms with Crippen molar-refractivity contribution in [3.05, 3.63) is 60.7 Å². The fraction of sp³-hybridized carbons (Fsp3) is 0.500. The van der Waals surface area contributed by atoms with Gasteiger partial charge in [0.2, 0.25) is 0 Å². The van der Waals surface area contributed by atoms with Crippen molar-refractivity contribution in [2.24, 2.45) is 11.8 Å². The van der Waals surface area contributed by atoms with Crippen LogP contribution in [0.2, 0.25) is 0 Å². The van der Waals surface area contributed by atoms with Gasteiger partial charge in [0.1, 0.15) is 18.1 Å². The number of hydrogen-bond acceptors (Lipinski definition) is 3. The molecule has 0 spiro atoms. The molecular weight excluding hydrogens is 379 g/mol. The van der Waals surface area contributed by atoms with E-state index in [9.17, 15) is 13.2 Å². The van der Waals surface area contributed by atoms with Crippen molar-refractivity contribution < 1.29 is 17.9 Å². The highest BCUT2D eigenvalue weighted by atomic mass is 19.3. The Kier molecular flexibility index (Phi) is 5.29. The summed E-state index contributed by atoms with van der Waals surface area (Å²) in [5.74, 6) is -3.47. The smallest absolute Gasteiger partial charge is 0.271 e. The summed E-state index contributed by atoms with van der Waals surface area (Å²) >= 11 is 0. The number of alkyl halides is 2. The molecule has 0 N–H and O–H groups in total. The van der Waals surface area contributed by atoms with Gasteiger partial charge in [-0.3, -0.25) is 4.90 Å². The normalized spacial score (nSPS) is 28.9. The molecule has 0 radical (unpaired) electrons. The Labute approximate surface area is 169 Å². The van der Waals surface area contributed by atoms with E-state index in [1.807, 2.05) is 12.3 Å². The van der Waals surface area contributed by atoms with Gasteiger partial charge in [0.15, 0.2) is 0 Å². The van der Waals surface area contributed by atoms with Crippen molar-refractivity contribution in [2.45, 2.75) is 44.4 Å². The van der Waals surface area contributed by atoms with Crippen LogP contribution in [-0.4, -0.2) is 46.0 Å². The van der Waals surface area contributed by atoms with Crippen LogP contribution in [-0.2, 0) is 4.74 Å². The second kappa shape index (κ2) is 7.61. The maximum Gasteiger partial charge on any atom is 0.271 e. The number of ether oxygens (including phenoxy) is 1. The van der Waals surface area contributed by atoms with Gasteiger partial charge in [0, 0.05) is 25.2 Å². The molecule has 2 aliphatic rings. The van der Waals surface area contributed by atoms with Crippen LogP contribution in [0.1, 0.15) is 31.9 Å². The molecule has 1 aromatic carbocycles. The number of rotatable bonds is 6. The maximum absolute atomic E-state index is 13.9. The summed E-state index contributed by atoms with van der Waals surface area (Å²) in [4.78, 5) is 2.17. The second-order valence-corrected chi connectivity index (χ2v) is 8.19. The molecule has 5 unspecified atom stereocenters. The number of epoxide rings is 1. The summed E-state index contributed by atoms with van der Waals surface area (Å²) in [5.41, 5.74) is 1.82. The number of benzene rings is 1. The van der Waals surface area contributed by atoms with E-state index in [0.29, 0.717) is 12.0 Å². The quantitative estimate of drug-likeness (QED) is 0.520. The third-order valence-electron chi connectivity index (χ3n) is 6.25. The first-order chi connectivity index (χ1) is 13.8. The lowest BCUT2D eigenvalue weighted by molar-refractivity contribution is -0.0122. The summed E-state index contributed by atoms with van der Waals surface area (Å²) in [5, 5.41) is 4.69. The van der Waals surface area contributed by atoms with Crippen molar-refractivity contribution in [1.29, 1.82) is 0 Å². The second-order valence-electron chi connectivity index (χ2n) is 8.19. The van der Waals surface area contributed by atoms with E-state index < -0.39 is 17.9 Å². The Morgan fingerprint density at radius 2 is 2.00 bits per heavy atom. The Morgan fingerprint density at radius 1 is 1.28 bits per heavy atom. The Hall–Kier alpha value is -2.12. The third-order valence-corrected chi connectivity index (χ3v) is 6.25. The molecule has 29 heavy (non-hydrogen) atoms. The fourth-order valence-electron chi connectivity index (χ4n) is 4.30. The number of hydrogen-bond donors (Lipinski definition) is 0. The van der Waals surface area contributed by atoms with Gasteiger partial charge in [0.25, 0.3) is 5.92 Å². The average molecular weight is 405 g/mol. The molecule has 4 nitrogen and oxygen atoms in total. The summed E-state index contributed by atoms with van der Waals surface area (Å²) in [6.07, 6.45) is 2.80. The third kappa shape index (κ3) is 3.98. The summed E-state index contributed by atoms with van der Waals surface area (Å²) in [6, 6.07) is 8.23. The van der Waals surface area contributed by atoms with Crippen molar-refractivity contribution in [2.75, 3.05) is 13.1 Å². The first-order valence-electron chi connectivity index (χ1n) is 10.0. The van der Waals surface area contributed by atoms with Crippen LogP contribution in [0.4, 0.5) is 13.2 Å². The number of aromatic nitrogens is 2. The SMILES string of the molecule is C=CC(F)(F)C(C)C1OC1N1CCC(c2ccn(-c3ccc(F)cc3)n2)C(C)C1. The molecule has 0 bridgehead atoms. The Morgan fingerprint density at radius 3 is 2.66 bits per heavy atom. The first-order valence-corrected chi connectivity index (χ1v) is 10.0. The lowest BCUT2D eigenvalue weighted by atomic mass is 9.84. The van der Waals surface area contributed by atoms with Crippen molar-refractivity contribution >= 4 is 0 Å². The number of piperidine rings is 1. The maximum atomic E-state index is 13.9. The molecule has 2 fully saturated rings. The minimum atomic E-state index is -2.92. The van der Waals surface area contributed by atoms with E-state index in [4.69, 9.17) is 9.84 Å². The molecule has 3 heterocycles. The van der Waals surface area contributed by atoms with Crippen molar-refractivity contribution in [3.8, 4) is 5.69 Å². The van der Waals surface area contributed by atoms with Crippen molar-refractivity contribution in [3.63, 3.8) is 0 Å². The van der Waals surface area contributed by atoms with E-state index in [2.05, 4.69) is 18.4 Å². The zero-order valence-corrected chi connectivity index (χ0v) is 16.6. The first kappa shape index (κ1) is 20.2. The molecule has 2 aliphatic heterocycles. The highest BCUT2D eigenvalue weighted by molar-refractivity contribution is 5.31. The summed E-state index contributed by atoms with van der Waals surface area (Å²) in [7, 11) is 0. The predicted octanol–water partition coefficient (Wildman–Crippen LogP) is 4.62. The monoisotopic (exact) mass is 405 g/mol. The van der Waals surface area contributed by atoms with E-state index >= 15 is 0 Å². The molecule has 7 heteroatoms. The van der Waals surface area contributed by atoms with Crippen LogP contribution in [0.25, 0.3) is 5.69 Å². The van der Waals surface area contributed by atoms with Gasteiger partial charge < -0.3 is 4.74 Å². The standard InChI is InChI=1S/C22H26F3N3O/c1-4-22(24,25)15(3)20-21(29-20)27-11-9-18(14(2)13-27)19-10-12-28(26-19)17-7-5-16(23)6-8-17/h4-8,10,12,14-15,18,20-21H,1,9,11,13H2,2-3H3. The van der Waals surface area contributed by atoms with E-state index in [-0.39, 0.29) is 18.0 Å². The molecule has 2 aromatic rings. The van der Waals surface area contributed by atoms with Crippen LogP contribution in [0, 0.1) is 17.7 Å². The zero-order chi connectivity index (χ0) is 20.8. The highest BCUT2D eigenvalue weighted by Gasteiger charge is 2.54. The molecule has 0 aliphatic carbocycles. The van der Waals surface area contributed by atoms with Crippen LogP contribution in [0.5, 0.6) is 0 Å². The van der Waals surface area contributed by atoms with Crippen LogP contribution < -0.4 is 0 Å². The Balaban J connectivity index is 1.38. The van der Waals surface area contributed by atoms with E-state index in [1.54, 1.807) is 16.8 Å². The minimum absolute atomic E-state index is 0.240. The van der Waals surface area contributed by atoms with Gasteiger partial charge in [-0.05, 0) is 48.7 Å². The lowest BCUT2D eigenvalue weighted by Gasteiger charge is -2.35. The molecule has 2 saturated heterocycles. The zero-order valence-electron chi connectivity index (χ0n) is 16.6. The molecule has 1 aromatic heterocycles. The van der Waals surface area contributed by atoms with Crippen LogP contribution in [0.15, 0.2) is 49.2 Å². The largest absolute Gasteiger partial charge is 0.352 e. The minimum Gasteiger partial charge on any atom is -0.352 e. The lowest BCUT2D eigenvalue weighted by Crippen LogP contribution is -2.42. The van der Waals surface area contributed by atoms with Gasteiger partial charge in [0.05, 0.1) is 17.3 Å². The Bertz CT molecular complexity index is 866. The van der Waals surface area contributed by atoms with Crippen LogP contribution in [0.3, 0.4) is 0 Å². The molecule has 156 valence electrons. The van der Waals surface area contributed by atoms with Crippen molar-refractivity contribution in [1.82, 2.24) is 14.7 Å². The van der Waals surface area contributed by atoms with Gasteiger partial charge in [-0.2, -0.15) is 5.10 Å². The van der Waals surface area contributed by atoms with Gasteiger partial charge >= 0.3 is 0 Å².